The summed E-state index contributed by atoms with van der Waals surface area (Å²) in [7, 11) is 0. The van der Waals surface area contributed by atoms with Gasteiger partial charge in [0.25, 0.3) is 5.91 Å². The summed E-state index contributed by atoms with van der Waals surface area (Å²) < 4.78 is 1.79. The van der Waals surface area contributed by atoms with Crippen LogP contribution in [0.5, 0.6) is 0 Å². The van der Waals surface area contributed by atoms with E-state index in [1.54, 1.807) is 17.2 Å². The minimum atomic E-state index is 0.0252. The van der Waals surface area contributed by atoms with Crippen molar-refractivity contribution in [3.63, 3.8) is 0 Å². The molecule has 0 aliphatic carbocycles. The molecule has 3 rings (SSSR count). The lowest BCUT2D eigenvalue weighted by Gasteiger charge is -2.40. The van der Waals surface area contributed by atoms with E-state index in [-0.39, 0.29) is 18.0 Å². The average molecular weight is 348 g/mol. The number of amides is 1. The van der Waals surface area contributed by atoms with E-state index in [4.69, 9.17) is 0 Å². The predicted molar refractivity (Wildman–Crippen MR) is 103 cm³/mol. The van der Waals surface area contributed by atoms with Crippen molar-refractivity contribution in [3.8, 4) is 5.69 Å². The molecule has 2 heterocycles. The molecule has 0 unspecified atom stereocenters. The summed E-state index contributed by atoms with van der Waals surface area (Å²) in [4.78, 5) is 15.4. The molecule has 134 valence electrons. The van der Waals surface area contributed by atoms with Crippen molar-refractivity contribution in [1.82, 2.24) is 19.7 Å². The Hall–Kier alpha value is -2.95. The summed E-state index contributed by atoms with van der Waals surface area (Å²) in [6, 6.07) is 7.71. The highest BCUT2D eigenvalue weighted by Gasteiger charge is 2.32. The molecule has 1 aromatic heterocycles. The summed E-state index contributed by atoms with van der Waals surface area (Å²) >= 11 is 0. The maximum atomic E-state index is 13.4. The number of aromatic nitrogens is 3. The zero-order valence-electron chi connectivity index (χ0n) is 15.1. The molecule has 1 aliphatic heterocycles. The minimum absolute atomic E-state index is 0.0252. The van der Waals surface area contributed by atoms with E-state index in [0.717, 1.165) is 24.9 Å². The molecular formula is C21H24N4O. The van der Waals surface area contributed by atoms with Crippen molar-refractivity contribution < 1.29 is 4.79 Å². The topological polar surface area (TPSA) is 51.0 Å². The van der Waals surface area contributed by atoms with E-state index in [1.807, 2.05) is 41.3 Å². The normalized spacial score (nSPS) is 19.7. The number of rotatable bonds is 6. The Labute approximate surface area is 154 Å². The van der Waals surface area contributed by atoms with E-state index in [9.17, 15) is 4.79 Å². The highest BCUT2D eigenvalue weighted by molar-refractivity contribution is 5.95. The van der Waals surface area contributed by atoms with Gasteiger partial charge in [-0.1, -0.05) is 29.9 Å². The molecule has 0 fully saturated rings. The molecule has 5 heteroatoms. The maximum absolute atomic E-state index is 13.4. The fraction of sp³-hybridized carbons (Fsp3) is 0.286. The summed E-state index contributed by atoms with van der Waals surface area (Å²) in [5.41, 5.74) is 2.84. The van der Waals surface area contributed by atoms with Crippen LogP contribution >= 0.6 is 0 Å². The highest BCUT2D eigenvalue weighted by Crippen LogP contribution is 2.29. The van der Waals surface area contributed by atoms with Crippen LogP contribution in [0.1, 0.15) is 36.5 Å². The van der Waals surface area contributed by atoms with Crippen molar-refractivity contribution in [2.45, 2.75) is 38.3 Å². The van der Waals surface area contributed by atoms with E-state index in [2.05, 4.69) is 36.4 Å². The Morgan fingerprint density at radius 2 is 1.96 bits per heavy atom. The molecule has 0 saturated carbocycles. The molecule has 0 spiro atoms. The second-order valence-electron chi connectivity index (χ2n) is 6.62. The maximum Gasteiger partial charge on any atom is 0.254 e. The Bertz CT molecular complexity index is 822. The predicted octanol–water partition coefficient (Wildman–Crippen LogP) is 3.95. The third-order valence-corrected chi connectivity index (χ3v) is 4.68. The van der Waals surface area contributed by atoms with Gasteiger partial charge in [0, 0.05) is 17.3 Å². The molecule has 2 atom stereocenters. The lowest BCUT2D eigenvalue weighted by molar-refractivity contribution is 0.0601. The van der Waals surface area contributed by atoms with Crippen LogP contribution in [0.15, 0.2) is 73.9 Å². The third-order valence-electron chi connectivity index (χ3n) is 4.68. The van der Waals surface area contributed by atoms with Crippen LogP contribution in [0.2, 0.25) is 0 Å². The van der Waals surface area contributed by atoms with Crippen LogP contribution < -0.4 is 0 Å². The first kappa shape index (κ1) is 17.9. The quantitative estimate of drug-likeness (QED) is 0.743. The fourth-order valence-electron chi connectivity index (χ4n) is 3.56. The molecule has 0 N–H and O–H groups in total. The zero-order valence-corrected chi connectivity index (χ0v) is 15.1. The molecule has 2 aromatic rings. The smallest absolute Gasteiger partial charge is 0.254 e. The summed E-state index contributed by atoms with van der Waals surface area (Å²) in [5, 5.41) is 7.66. The number of carbonyl (C=O) groups is 1. The first-order valence-corrected chi connectivity index (χ1v) is 8.81. The standard InChI is InChI=1S/C21H24N4O/c1-4-7-19-11-16(3)12-20(8-5-2)25(19)21(26)17-9-6-10-18(13-17)24-14-22-23-15-24/h4-6,9-11,13-15,19-20H,1-2,7-8,12H2,3H3/t19-,20-/m0/s1. The van der Waals surface area contributed by atoms with E-state index in [0.29, 0.717) is 5.56 Å². The fourth-order valence-corrected chi connectivity index (χ4v) is 3.56. The van der Waals surface area contributed by atoms with Gasteiger partial charge in [-0.3, -0.25) is 9.36 Å². The molecule has 1 amide bonds. The van der Waals surface area contributed by atoms with Gasteiger partial charge in [-0.05, 0) is 44.4 Å². The van der Waals surface area contributed by atoms with Gasteiger partial charge in [0.15, 0.2) is 0 Å². The Kier molecular flexibility index (Phi) is 5.46. The van der Waals surface area contributed by atoms with Gasteiger partial charge in [0.05, 0.1) is 6.04 Å². The molecule has 0 radical (unpaired) electrons. The highest BCUT2D eigenvalue weighted by atomic mass is 16.2. The van der Waals surface area contributed by atoms with Crippen LogP contribution in [0.4, 0.5) is 0 Å². The van der Waals surface area contributed by atoms with Crippen molar-refractivity contribution in [3.05, 3.63) is 79.4 Å². The SMILES string of the molecule is C=CC[C@H]1CC(C)=C[C@H](CC=C)N1C(=O)c1cccc(-n2cnnc2)c1. The Balaban J connectivity index is 1.96. The van der Waals surface area contributed by atoms with E-state index in [1.165, 1.54) is 5.57 Å². The number of hydrogen-bond acceptors (Lipinski definition) is 3. The average Bonchev–Trinajstić information content (AvgIpc) is 3.16. The van der Waals surface area contributed by atoms with Gasteiger partial charge >= 0.3 is 0 Å². The van der Waals surface area contributed by atoms with Crippen LogP contribution in [-0.2, 0) is 0 Å². The number of benzene rings is 1. The van der Waals surface area contributed by atoms with E-state index >= 15 is 0 Å². The van der Waals surface area contributed by atoms with Crippen LogP contribution in [0.25, 0.3) is 5.69 Å². The second-order valence-corrected chi connectivity index (χ2v) is 6.62. The van der Waals surface area contributed by atoms with Crippen LogP contribution in [0.3, 0.4) is 0 Å². The zero-order chi connectivity index (χ0) is 18.5. The molecule has 1 aromatic carbocycles. The van der Waals surface area contributed by atoms with Crippen molar-refractivity contribution in [1.29, 1.82) is 0 Å². The van der Waals surface area contributed by atoms with Gasteiger partial charge in [0.1, 0.15) is 12.7 Å². The minimum Gasteiger partial charge on any atom is -0.328 e. The first-order chi connectivity index (χ1) is 12.6. The molecule has 0 saturated heterocycles. The lowest BCUT2D eigenvalue weighted by Crippen LogP contribution is -2.48. The summed E-state index contributed by atoms with van der Waals surface area (Å²) in [6.45, 7) is 9.86. The Morgan fingerprint density at radius 1 is 1.23 bits per heavy atom. The molecule has 0 bridgehead atoms. The number of hydrogen-bond donors (Lipinski definition) is 0. The second kappa shape index (κ2) is 7.95. The van der Waals surface area contributed by atoms with Gasteiger partial charge < -0.3 is 4.90 Å². The number of carbonyl (C=O) groups excluding carboxylic acids is 1. The van der Waals surface area contributed by atoms with Crippen molar-refractivity contribution in [2.75, 3.05) is 0 Å². The monoisotopic (exact) mass is 348 g/mol. The molecular weight excluding hydrogens is 324 g/mol. The van der Waals surface area contributed by atoms with Crippen LogP contribution in [0, 0.1) is 0 Å². The van der Waals surface area contributed by atoms with Gasteiger partial charge in [-0.25, -0.2) is 0 Å². The summed E-state index contributed by atoms with van der Waals surface area (Å²) in [6.07, 6.45) is 11.6. The van der Waals surface area contributed by atoms with Gasteiger partial charge in [-0.15, -0.1) is 23.4 Å². The third kappa shape index (κ3) is 3.67. The molecule has 26 heavy (non-hydrogen) atoms. The van der Waals surface area contributed by atoms with Crippen molar-refractivity contribution >= 4 is 5.91 Å². The van der Waals surface area contributed by atoms with Gasteiger partial charge in [-0.2, -0.15) is 0 Å². The first-order valence-electron chi connectivity index (χ1n) is 8.81. The number of nitrogens with zero attached hydrogens (tertiary/aromatic N) is 4. The Morgan fingerprint density at radius 3 is 2.65 bits per heavy atom. The summed E-state index contributed by atoms with van der Waals surface area (Å²) in [5.74, 6) is 0.0300. The largest absolute Gasteiger partial charge is 0.328 e. The molecule has 5 nitrogen and oxygen atoms in total. The van der Waals surface area contributed by atoms with E-state index < -0.39 is 0 Å². The molecule has 1 aliphatic rings. The van der Waals surface area contributed by atoms with Crippen LogP contribution in [-0.4, -0.2) is 37.7 Å². The van der Waals surface area contributed by atoms with Gasteiger partial charge in [0.2, 0.25) is 0 Å². The lowest BCUT2D eigenvalue weighted by atomic mass is 9.91. The van der Waals surface area contributed by atoms with Crippen molar-refractivity contribution in [2.24, 2.45) is 0 Å².